The average molecular weight is 410 g/mol. The fourth-order valence-corrected chi connectivity index (χ4v) is 4.24. The second kappa shape index (κ2) is 7.17. The van der Waals surface area contributed by atoms with Crippen molar-refractivity contribution in [2.24, 2.45) is 4.40 Å². The van der Waals surface area contributed by atoms with E-state index in [0.29, 0.717) is 29.1 Å². The van der Waals surface area contributed by atoms with Gasteiger partial charge in [-0.05, 0) is 50.2 Å². The van der Waals surface area contributed by atoms with Crippen molar-refractivity contribution in [2.45, 2.75) is 25.3 Å². The van der Waals surface area contributed by atoms with E-state index in [1.807, 2.05) is 6.92 Å². The molecular weight excluding hydrogens is 392 g/mol. The van der Waals surface area contributed by atoms with E-state index in [1.165, 1.54) is 6.07 Å². The zero-order chi connectivity index (χ0) is 20.6. The summed E-state index contributed by atoms with van der Waals surface area (Å²) in [6.07, 6.45) is 0. The SMILES string of the molecule is Cc1noc(C)c1CNC(=O)c1ccc(NC2=NS(=O)(=O)c3ccccc32)cc1. The Labute approximate surface area is 167 Å². The average Bonchev–Trinajstić information content (AvgIpc) is 3.16. The number of aryl methyl sites for hydroxylation is 2. The number of sulfonamides is 1. The van der Waals surface area contributed by atoms with Gasteiger partial charge in [-0.2, -0.15) is 8.42 Å². The Kier molecular flexibility index (Phi) is 4.67. The molecule has 0 bridgehead atoms. The fourth-order valence-electron chi connectivity index (χ4n) is 3.06. The van der Waals surface area contributed by atoms with Crippen LogP contribution in [0.3, 0.4) is 0 Å². The number of aromatic nitrogens is 1. The van der Waals surface area contributed by atoms with Crippen LogP contribution in [0.15, 0.2) is 62.3 Å². The van der Waals surface area contributed by atoms with Crippen molar-refractivity contribution >= 4 is 27.5 Å². The lowest BCUT2D eigenvalue weighted by Gasteiger charge is -2.08. The molecule has 0 unspecified atom stereocenters. The van der Waals surface area contributed by atoms with Crippen molar-refractivity contribution in [2.75, 3.05) is 5.32 Å². The zero-order valence-corrected chi connectivity index (χ0v) is 16.6. The van der Waals surface area contributed by atoms with E-state index in [1.54, 1.807) is 49.4 Å². The van der Waals surface area contributed by atoms with Gasteiger partial charge in [0, 0.05) is 28.9 Å². The number of nitrogens with one attached hydrogen (secondary N) is 2. The van der Waals surface area contributed by atoms with Gasteiger partial charge in [0.2, 0.25) is 0 Å². The molecule has 29 heavy (non-hydrogen) atoms. The van der Waals surface area contributed by atoms with Gasteiger partial charge in [-0.1, -0.05) is 17.3 Å². The van der Waals surface area contributed by atoms with Gasteiger partial charge in [0.05, 0.1) is 5.69 Å². The standard InChI is InChI=1S/C20H18N4O4S/c1-12-17(13(2)28-23-12)11-21-20(25)14-7-9-15(10-8-14)22-19-16-5-3-4-6-18(16)29(26,27)24-19/h3-10H,11H2,1-2H3,(H,21,25)(H,22,24). The van der Waals surface area contributed by atoms with Gasteiger partial charge in [-0.3, -0.25) is 4.79 Å². The van der Waals surface area contributed by atoms with Crippen LogP contribution in [0, 0.1) is 13.8 Å². The van der Waals surface area contributed by atoms with Crippen LogP contribution in [0.4, 0.5) is 5.69 Å². The van der Waals surface area contributed by atoms with Crippen LogP contribution >= 0.6 is 0 Å². The van der Waals surface area contributed by atoms with Crippen LogP contribution in [0.5, 0.6) is 0 Å². The van der Waals surface area contributed by atoms with Gasteiger partial charge < -0.3 is 15.2 Å². The topological polar surface area (TPSA) is 114 Å². The Morgan fingerprint density at radius 1 is 1.07 bits per heavy atom. The molecule has 0 spiro atoms. The molecule has 1 amide bonds. The van der Waals surface area contributed by atoms with Crippen LogP contribution in [0.1, 0.15) is 32.9 Å². The minimum atomic E-state index is -3.68. The molecule has 3 aromatic rings. The highest BCUT2D eigenvalue weighted by molar-refractivity contribution is 7.90. The highest BCUT2D eigenvalue weighted by Gasteiger charge is 2.28. The lowest BCUT2D eigenvalue weighted by atomic mass is 10.1. The summed E-state index contributed by atoms with van der Waals surface area (Å²) in [4.78, 5) is 12.6. The lowest BCUT2D eigenvalue weighted by molar-refractivity contribution is 0.0951. The van der Waals surface area contributed by atoms with Gasteiger partial charge in [0.25, 0.3) is 15.9 Å². The molecule has 2 aromatic carbocycles. The number of fused-ring (bicyclic) bond motifs is 1. The molecule has 0 aliphatic carbocycles. The third-order valence-electron chi connectivity index (χ3n) is 4.65. The normalized spacial score (nSPS) is 14.2. The summed E-state index contributed by atoms with van der Waals surface area (Å²) in [5, 5.41) is 9.71. The Balaban J connectivity index is 1.45. The lowest BCUT2D eigenvalue weighted by Crippen LogP contribution is -2.23. The zero-order valence-electron chi connectivity index (χ0n) is 15.8. The maximum absolute atomic E-state index is 12.4. The van der Waals surface area contributed by atoms with Crippen molar-refractivity contribution in [1.29, 1.82) is 0 Å². The van der Waals surface area contributed by atoms with Crippen molar-refractivity contribution < 1.29 is 17.7 Å². The molecule has 0 fully saturated rings. The third kappa shape index (κ3) is 3.64. The minimum Gasteiger partial charge on any atom is -0.361 e. The quantitative estimate of drug-likeness (QED) is 0.684. The molecule has 8 nitrogen and oxygen atoms in total. The molecular formula is C20H18N4O4S. The van der Waals surface area contributed by atoms with E-state index in [9.17, 15) is 13.2 Å². The first-order chi connectivity index (χ1) is 13.8. The Morgan fingerprint density at radius 2 is 1.79 bits per heavy atom. The van der Waals surface area contributed by atoms with Gasteiger partial charge in [-0.25, -0.2) is 0 Å². The van der Waals surface area contributed by atoms with Gasteiger partial charge in [0.1, 0.15) is 10.7 Å². The number of hydrogen-bond acceptors (Lipinski definition) is 6. The van der Waals surface area contributed by atoms with E-state index < -0.39 is 10.0 Å². The Hall–Kier alpha value is -3.46. The summed E-state index contributed by atoms with van der Waals surface area (Å²) < 4.78 is 33.1. The summed E-state index contributed by atoms with van der Waals surface area (Å²) >= 11 is 0. The maximum atomic E-state index is 12.4. The van der Waals surface area contributed by atoms with Crippen LogP contribution in [0.2, 0.25) is 0 Å². The first kappa shape index (κ1) is 18.9. The highest BCUT2D eigenvalue weighted by Crippen LogP contribution is 2.26. The van der Waals surface area contributed by atoms with Crippen LogP contribution in [-0.2, 0) is 16.6 Å². The first-order valence-corrected chi connectivity index (χ1v) is 10.3. The first-order valence-electron chi connectivity index (χ1n) is 8.86. The van der Waals surface area contributed by atoms with Crippen LogP contribution < -0.4 is 10.6 Å². The van der Waals surface area contributed by atoms with E-state index in [2.05, 4.69) is 20.2 Å². The van der Waals surface area contributed by atoms with E-state index in [-0.39, 0.29) is 16.6 Å². The summed E-state index contributed by atoms with van der Waals surface area (Å²) in [5.41, 5.74) is 3.22. The number of amidine groups is 1. The maximum Gasteiger partial charge on any atom is 0.285 e. The molecule has 4 rings (SSSR count). The van der Waals surface area contributed by atoms with Crippen LogP contribution in [-0.4, -0.2) is 25.3 Å². The number of amides is 1. The number of hydrogen-bond donors (Lipinski definition) is 2. The van der Waals surface area contributed by atoms with Crippen molar-refractivity contribution in [1.82, 2.24) is 10.5 Å². The Bertz CT molecular complexity index is 1210. The molecule has 1 aliphatic heterocycles. The van der Waals surface area contributed by atoms with Gasteiger partial charge in [0.15, 0.2) is 5.84 Å². The van der Waals surface area contributed by atoms with Crippen molar-refractivity contribution in [3.63, 3.8) is 0 Å². The van der Waals surface area contributed by atoms with E-state index >= 15 is 0 Å². The molecule has 148 valence electrons. The van der Waals surface area contributed by atoms with Crippen LogP contribution in [0.25, 0.3) is 0 Å². The summed E-state index contributed by atoms with van der Waals surface area (Å²) in [6, 6.07) is 13.3. The summed E-state index contributed by atoms with van der Waals surface area (Å²) in [7, 11) is -3.68. The second-order valence-corrected chi connectivity index (χ2v) is 8.17. The second-order valence-electron chi connectivity index (χ2n) is 6.60. The fraction of sp³-hybridized carbons (Fsp3) is 0.150. The summed E-state index contributed by atoms with van der Waals surface area (Å²) in [5.74, 6) is 0.703. The van der Waals surface area contributed by atoms with Crippen molar-refractivity contribution in [3.8, 4) is 0 Å². The highest BCUT2D eigenvalue weighted by atomic mass is 32.2. The molecule has 9 heteroatoms. The Morgan fingerprint density at radius 3 is 2.48 bits per heavy atom. The monoisotopic (exact) mass is 410 g/mol. The number of benzene rings is 2. The molecule has 2 heterocycles. The molecule has 1 aromatic heterocycles. The minimum absolute atomic E-state index is 0.179. The van der Waals surface area contributed by atoms with E-state index in [4.69, 9.17) is 4.52 Å². The number of anilines is 1. The number of nitrogens with zero attached hydrogens (tertiary/aromatic N) is 2. The molecule has 1 aliphatic rings. The molecule has 0 saturated heterocycles. The number of carbonyl (C=O) groups excluding carboxylic acids is 1. The van der Waals surface area contributed by atoms with Crippen molar-refractivity contribution in [3.05, 3.63) is 76.7 Å². The molecule has 0 atom stereocenters. The van der Waals surface area contributed by atoms with E-state index in [0.717, 1.165) is 11.3 Å². The predicted molar refractivity (Wildman–Crippen MR) is 107 cm³/mol. The summed E-state index contributed by atoms with van der Waals surface area (Å²) in [6.45, 7) is 3.94. The molecule has 0 saturated carbocycles. The number of carbonyl (C=O) groups is 1. The smallest absolute Gasteiger partial charge is 0.285 e. The van der Waals surface area contributed by atoms with Gasteiger partial charge in [-0.15, -0.1) is 4.40 Å². The molecule has 2 N–H and O–H groups in total. The third-order valence-corrected chi connectivity index (χ3v) is 5.98. The largest absolute Gasteiger partial charge is 0.361 e. The molecule has 0 radical (unpaired) electrons. The number of rotatable bonds is 4. The van der Waals surface area contributed by atoms with Gasteiger partial charge >= 0.3 is 0 Å². The predicted octanol–water partition coefficient (Wildman–Crippen LogP) is 2.78.